The molecule has 0 saturated heterocycles. The van der Waals surface area contributed by atoms with E-state index in [4.69, 9.17) is 0 Å². The maximum Gasteiger partial charge on any atom is 0.251 e. The standard InChI is InChI=1S/C17H29N3O/c1-5-9-14(7-3)20-17(21)13-11-15(8-4)19-16(12-13)18-10-6-2/h11-12,14H,5-10H2,1-4H3,(H,18,19)(H,20,21). The Balaban J connectivity index is 2.86. The molecular weight excluding hydrogens is 262 g/mol. The maximum absolute atomic E-state index is 12.4. The third kappa shape index (κ3) is 5.74. The van der Waals surface area contributed by atoms with Crippen molar-refractivity contribution in [3.63, 3.8) is 0 Å². The minimum atomic E-state index is 0.00643. The minimum absolute atomic E-state index is 0.00643. The van der Waals surface area contributed by atoms with Crippen LogP contribution in [0, 0.1) is 0 Å². The SMILES string of the molecule is CCCNc1cc(C(=O)NC(CC)CCC)cc(CC)n1. The fourth-order valence-corrected chi connectivity index (χ4v) is 2.24. The number of anilines is 1. The average molecular weight is 291 g/mol. The van der Waals surface area contributed by atoms with Crippen LogP contribution >= 0.6 is 0 Å². The summed E-state index contributed by atoms with van der Waals surface area (Å²) in [5.74, 6) is 0.803. The number of rotatable bonds is 9. The summed E-state index contributed by atoms with van der Waals surface area (Å²) in [5.41, 5.74) is 1.65. The second kappa shape index (κ2) is 9.37. The van der Waals surface area contributed by atoms with E-state index in [9.17, 15) is 4.79 Å². The van der Waals surface area contributed by atoms with Crippen LogP contribution in [0.5, 0.6) is 0 Å². The van der Waals surface area contributed by atoms with E-state index in [1.165, 1.54) is 0 Å². The van der Waals surface area contributed by atoms with Gasteiger partial charge in [0.2, 0.25) is 0 Å². The predicted molar refractivity (Wildman–Crippen MR) is 88.8 cm³/mol. The van der Waals surface area contributed by atoms with Gasteiger partial charge in [-0.15, -0.1) is 0 Å². The number of carbonyl (C=O) groups excluding carboxylic acids is 1. The molecule has 1 amide bonds. The van der Waals surface area contributed by atoms with Crippen molar-refractivity contribution in [3.8, 4) is 0 Å². The number of aromatic nitrogens is 1. The lowest BCUT2D eigenvalue weighted by Gasteiger charge is -2.17. The lowest BCUT2D eigenvalue weighted by atomic mass is 10.1. The van der Waals surface area contributed by atoms with Crippen LogP contribution in [-0.2, 0) is 6.42 Å². The van der Waals surface area contributed by atoms with Gasteiger partial charge in [-0.1, -0.05) is 34.1 Å². The van der Waals surface area contributed by atoms with Crippen LogP contribution in [-0.4, -0.2) is 23.5 Å². The zero-order valence-electron chi connectivity index (χ0n) is 13.8. The highest BCUT2D eigenvalue weighted by atomic mass is 16.1. The lowest BCUT2D eigenvalue weighted by molar-refractivity contribution is 0.0933. The first-order chi connectivity index (χ1) is 10.1. The second-order valence-electron chi connectivity index (χ2n) is 5.38. The Morgan fingerprint density at radius 3 is 2.52 bits per heavy atom. The topological polar surface area (TPSA) is 54.0 Å². The van der Waals surface area contributed by atoms with Gasteiger partial charge in [0.1, 0.15) is 5.82 Å². The smallest absolute Gasteiger partial charge is 0.251 e. The van der Waals surface area contributed by atoms with Gasteiger partial charge >= 0.3 is 0 Å². The van der Waals surface area contributed by atoms with E-state index < -0.39 is 0 Å². The van der Waals surface area contributed by atoms with Gasteiger partial charge in [-0.25, -0.2) is 4.98 Å². The minimum Gasteiger partial charge on any atom is -0.370 e. The summed E-state index contributed by atoms with van der Waals surface area (Å²) >= 11 is 0. The van der Waals surface area contributed by atoms with Gasteiger partial charge in [0, 0.05) is 23.8 Å². The molecule has 1 aromatic heterocycles. The molecule has 1 atom stereocenters. The second-order valence-corrected chi connectivity index (χ2v) is 5.38. The average Bonchev–Trinajstić information content (AvgIpc) is 2.51. The largest absolute Gasteiger partial charge is 0.370 e. The molecule has 0 aromatic carbocycles. The summed E-state index contributed by atoms with van der Waals surface area (Å²) in [4.78, 5) is 16.9. The van der Waals surface area contributed by atoms with Crippen molar-refractivity contribution in [2.75, 3.05) is 11.9 Å². The van der Waals surface area contributed by atoms with Crippen molar-refractivity contribution in [2.24, 2.45) is 0 Å². The van der Waals surface area contributed by atoms with Crippen molar-refractivity contribution in [1.82, 2.24) is 10.3 Å². The summed E-state index contributed by atoms with van der Waals surface area (Å²) in [6, 6.07) is 4.00. The molecule has 4 heteroatoms. The zero-order valence-corrected chi connectivity index (χ0v) is 13.8. The third-order valence-electron chi connectivity index (χ3n) is 3.52. The van der Waals surface area contributed by atoms with Crippen LogP contribution < -0.4 is 10.6 Å². The lowest BCUT2D eigenvalue weighted by Crippen LogP contribution is -2.34. The molecule has 0 aliphatic heterocycles. The van der Waals surface area contributed by atoms with Gasteiger partial charge in [-0.05, 0) is 37.8 Å². The van der Waals surface area contributed by atoms with Crippen LogP contribution in [0.25, 0.3) is 0 Å². The van der Waals surface area contributed by atoms with Gasteiger partial charge in [-0.2, -0.15) is 0 Å². The number of carbonyl (C=O) groups is 1. The molecule has 21 heavy (non-hydrogen) atoms. The van der Waals surface area contributed by atoms with Gasteiger partial charge in [0.15, 0.2) is 0 Å². The molecule has 118 valence electrons. The maximum atomic E-state index is 12.4. The molecule has 0 saturated carbocycles. The van der Waals surface area contributed by atoms with E-state index in [-0.39, 0.29) is 11.9 Å². The fraction of sp³-hybridized carbons (Fsp3) is 0.647. The van der Waals surface area contributed by atoms with Crippen molar-refractivity contribution in [3.05, 3.63) is 23.4 Å². The van der Waals surface area contributed by atoms with Crippen LogP contribution in [0.1, 0.15) is 69.4 Å². The molecule has 4 nitrogen and oxygen atoms in total. The number of hydrogen-bond acceptors (Lipinski definition) is 3. The fourth-order valence-electron chi connectivity index (χ4n) is 2.24. The number of nitrogens with one attached hydrogen (secondary N) is 2. The van der Waals surface area contributed by atoms with Crippen LogP contribution in [0.15, 0.2) is 12.1 Å². The normalized spacial score (nSPS) is 12.0. The molecule has 1 heterocycles. The molecule has 1 unspecified atom stereocenters. The van der Waals surface area contributed by atoms with E-state index in [1.54, 1.807) is 0 Å². The molecule has 0 fully saturated rings. The highest BCUT2D eigenvalue weighted by molar-refractivity contribution is 5.95. The predicted octanol–water partition coefficient (Wildman–Crippen LogP) is 3.77. The molecule has 0 radical (unpaired) electrons. The van der Waals surface area contributed by atoms with Crippen molar-refractivity contribution in [1.29, 1.82) is 0 Å². The summed E-state index contributed by atoms with van der Waals surface area (Å²) in [6.07, 6.45) is 4.93. The molecule has 2 N–H and O–H groups in total. The zero-order chi connectivity index (χ0) is 15.7. The quantitative estimate of drug-likeness (QED) is 0.728. The molecule has 1 aromatic rings. The Morgan fingerprint density at radius 1 is 1.19 bits per heavy atom. The Hall–Kier alpha value is -1.58. The number of pyridine rings is 1. The van der Waals surface area contributed by atoms with E-state index in [0.29, 0.717) is 5.56 Å². The van der Waals surface area contributed by atoms with Gasteiger partial charge in [-0.3, -0.25) is 4.79 Å². The Kier molecular flexibility index (Phi) is 7.80. The highest BCUT2D eigenvalue weighted by Crippen LogP contribution is 2.12. The molecular formula is C17H29N3O. The van der Waals surface area contributed by atoms with Crippen molar-refractivity contribution < 1.29 is 4.79 Å². The summed E-state index contributed by atoms with van der Waals surface area (Å²) < 4.78 is 0. The van der Waals surface area contributed by atoms with Gasteiger partial charge in [0.25, 0.3) is 5.91 Å². The Bertz CT molecular complexity index is 446. The van der Waals surface area contributed by atoms with Crippen LogP contribution in [0.2, 0.25) is 0 Å². The summed E-state index contributed by atoms with van der Waals surface area (Å²) in [6.45, 7) is 9.29. The molecule has 1 rings (SSSR count). The molecule has 0 aliphatic rings. The van der Waals surface area contributed by atoms with Crippen LogP contribution in [0.4, 0.5) is 5.82 Å². The number of hydrogen-bond donors (Lipinski definition) is 2. The van der Waals surface area contributed by atoms with Gasteiger partial charge in [0.05, 0.1) is 0 Å². The van der Waals surface area contributed by atoms with E-state index in [1.807, 2.05) is 12.1 Å². The van der Waals surface area contributed by atoms with Crippen molar-refractivity contribution in [2.45, 2.75) is 65.8 Å². The number of aryl methyl sites for hydroxylation is 1. The third-order valence-corrected chi connectivity index (χ3v) is 3.52. The van der Waals surface area contributed by atoms with E-state index in [0.717, 1.165) is 50.2 Å². The van der Waals surface area contributed by atoms with Crippen molar-refractivity contribution >= 4 is 11.7 Å². The molecule has 0 spiro atoms. The van der Waals surface area contributed by atoms with Gasteiger partial charge < -0.3 is 10.6 Å². The first-order valence-electron chi connectivity index (χ1n) is 8.20. The number of amides is 1. The van der Waals surface area contributed by atoms with E-state index >= 15 is 0 Å². The summed E-state index contributed by atoms with van der Waals surface area (Å²) in [5, 5.41) is 6.39. The first-order valence-corrected chi connectivity index (χ1v) is 8.20. The Labute approximate surface area is 128 Å². The highest BCUT2D eigenvalue weighted by Gasteiger charge is 2.13. The first kappa shape index (κ1) is 17.5. The molecule has 0 aliphatic carbocycles. The number of nitrogens with zero attached hydrogens (tertiary/aromatic N) is 1. The van der Waals surface area contributed by atoms with Crippen LogP contribution in [0.3, 0.4) is 0 Å². The molecule has 0 bridgehead atoms. The Morgan fingerprint density at radius 2 is 1.95 bits per heavy atom. The van der Waals surface area contributed by atoms with E-state index in [2.05, 4.69) is 43.3 Å². The monoisotopic (exact) mass is 291 g/mol. The summed E-state index contributed by atoms with van der Waals surface area (Å²) in [7, 11) is 0.